The third kappa shape index (κ3) is 3.47. The van der Waals surface area contributed by atoms with Crippen molar-refractivity contribution in [1.29, 1.82) is 0 Å². The van der Waals surface area contributed by atoms with E-state index in [0.29, 0.717) is 18.7 Å². The predicted molar refractivity (Wildman–Crippen MR) is 84.8 cm³/mol. The van der Waals surface area contributed by atoms with Crippen molar-refractivity contribution in [2.75, 3.05) is 33.4 Å². The highest BCUT2D eigenvalue weighted by molar-refractivity contribution is 5.81. The van der Waals surface area contributed by atoms with Crippen LogP contribution in [-0.2, 0) is 14.3 Å². The van der Waals surface area contributed by atoms with Crippen LogP contribution in [-0.4, -0.2) is 73.3 Å². The summed E-state index contributed by atoms with van der Waals surface area (Å²) in [5.74, 6) is 0.167. The Balaban J connectivity index is 1.53. The molecule has 5 heteroatoms. The highest BCUT2D eigenvalue weighted by Gasteiger charge is 2.39. The molecular formula is C17H30N2O3. The number of likely N-dealkylation sites (N-methyl/N-ethyl adjacent to an activating group) is 1. The Labute approximate surface area is 133 Å². The van der Waals surface area contributed by atoms with E-state index in [9.17, 15) is 4.79 Å². The van der Waals surface area contributed by atoms with Gasteiger partial charge in [-0.3, -0.25) is 4.79 Å². The van der Waals surface area contributed by atoms with E-state index in [2.05, 4.69) is 16.8 Å². The molecule has 3 aliphatic heterocycles. The first-order valence-electron chi connectivity index (χ1n) is 8.90. The molecular weight excluding hydrogens is 280 g/mol. The maximum Gasteiger partial charge on any atom is 0.251 e. The molecule has 3 saturated heterocycles. The molecule has 3 fully saturated rings. The van der Waals surface area contributed by atoms with Crippen molar-refractivity contribution in [2.24, 2.45) is 0 Å². The molecule has 0 radical (unpaired) electrons. The van der Waals surface area contributed by atoms with Crippen molar-refractivity contribution in [2.45, 2.75) is 69.7 Å². The molecule has 126 valence electrons. The number of hydrogen-bond acceptors (Lipinski definition) is 4. The SMILES string of the molecule is C[C@H](OC[C@@H]1CCCO1)C(=O)N1CCC[C@@H]1[C@@H]1CCCN1C. The molecule has 0 aromatic heterocycles. The number of ether oxygens (including phenoxy) is 2. The summed E-state index contributed by atoms with van der Waals surface area (Å²) in [7, 11) is 2.19. The molecule has 0 bridgehead atoms. The van der Waals surface area contributed by atoms with E-state index in [1.807, 2.05) is 6.92 Å². The molecule has 0 aromatic rings. The normalized spacial score (nSPS) is 34.5. The molecule has 22 heavy (non-hydrogen) atoms. The van der Waals surface area contributed by atoms with Crippen LogP contribution in [0, 0.1) is 0 Å². The summed E-state index contributed by atoms with van der Waals surface area (Å²) < 4.78 is 11.4. The predicted octanol–water partition coefficient (Wildman–Crippen LogP) is 1.66. The first kappa shape index (κ1) is 16.2. The summed E-state index contributed by atoms with van der Waals surface area (Å²) in [5.41, 5.74) is 0. The van der Waals surface area contributed by atoms with Crippen LogP contribution in [0.25, 0.3) is 0 Å². The van der Waals surface area contributed by atoms with Gasteiger partial charge in [0.2, 0.25) is 0 Å². The number of amides is 1. The van der Waals surface area contributed by atoms with Gasteiger partial charge in [0.25, 0.3) is 5.91 Å². The summed E-state index contributed by atoms with van der Waals surface area (Å²) in [5, 5.41) is 0. The van der Waals surface area contributed by atoms with Crippen LogP contribution in [0.15, 0.2) is 0 Å². The van der Waals surface area contributed by atoms with Crippen molar-refractivity contribution < 1.29 is 14.3 Å². The fourth-order valence-corrected chi connectivity index (χ4v) is 4.22. The minimum atomic E-state index is -0.350. The third-order valence-corrected chi connectivity index (χ3v) is 5.51. The number of likely N-dealkylation sites (tertiary alicyclic amines) is 2. The molecule has 0 aromatic carbocycles. The Bertz CT molecular complexity index is 384. The maximum absolute atomic E-state index is 12.8. The summed E-state index contributed by atoms with van der Waals surface area (Å²) in [6.45, 7) is 5.33. The van der Waals surface area contributed by atoms with Gasteiger partial charge in [-0.1, -0.05) is 0 Å². The molecule has 0 spiro atoms. The lowest BCUT2D eigenvalue weighted by Gasteiger charge is -2.34. The van der Waals surface area contributed by atoms with Crippen LogP contribution < -0.4 is 0 Å². The number of carbonyl (C=O) groups is 1. The van der Waals surface area contributed by atoms with Gasteiger partial charge in [-0.25, -0.2) is 0 Å². The standard InChI is InChI=1S/C17H30N2O3/c1-13(22-12-14-6-5-11-21-14)17(20)19-10-4-8-16(19)15-7-3-9-18(15)2/h13-16H,3-12H2,1-2H3/t13-,14-,15-,16+/m0/s1. The van der Waals surface area contributed by atoms with Crippen molar-refractivity contribution >= 4 is 5.91 Å². The zero-order chi connectivity index (χ0) is 15.5. The molecule has 3 heterocycles. The van der Waals surface area contributed by atoms with Gasteiger partial charge in [0, 0.05) is 25.2 Å². The van der Waals surface area contributed by atoms with Crippen LogP contribution in [0.1, 0.15) is 45.4 Å². The first-order chi connectivity index (χ1) is 10.7. The monoisotopic (exact) mass is 310 g/mol. The molecule has 1 amide bonds. The average molecular weight is 310 g/mol. The van der Waals surface area contributed by atoms with Crippen molar-refractivity contribution in [3.8, 4) is 0 Å². The van der Waals surface area contributed by atoms with Crippen LogP contribution >= 0.6 is 0 Å². The lowest BCUT2D eigenvalue weighted by atomic mass is 10.0. The smallest absolute Gasteiger partial charge is 0.251 e. The fourth-order valence-electron chi connectivity index (χ4n) is 4.22. The minimum Gasteiger partial charge on any atom is -0.376 e. The Morgan fingerprint density at radius 1 is 1.18 bits per heavy atom. The summed E-state index contributed by atoms with van der Waals surface area (Å²) in [6.07, 6.45) is 6.74. The van der Waals surface area contributed by atoms with Gasteiger partial charge in [-0.05, 0) is 59.0 Å². The Morgan fingerprint density at radius 2 is 1.95 bits per heavy atom. The van der Waals surface area contributed by atoms with Crippen LogP contribution in [0.3, 0.4) is 0 Å². The van der Waals surface area contributed by atoms with Crippen molar-refractivity contribution in [3.63, 3.8) is 0 Å². The summed E-state index contributed by atoms with van der Waals surface area (Å²) >= 11 is 0. The second kappa shape index (κ2) is 7.28. The first-order valence-corrected chi connectivity index (χ1v) is 8.90. The number of rotatable bonds is 5. The number of carbonyl (C=O) groups excluding carboxylic acids is 1. The van der Waals surface area contributed by atoms with Crippen molar-refractivity contribution in [1.82, 2.24) is 9.80 Å². The second-order valence-electron chi connectivity index (χ2n) is 7.04. The average Bonchev–Trinajstić information content (AvgIpc) is 3.24. The van der Waals surface area contributed by atoms with Crippen LogP contribution in [0.4, 0.5) is 0 Å². The van der Waals surface area contributed by atoms with Gasteiger partial charge < -0.3 is 19.3 Å². The quantitative estimate of drug-likeness (QED) is 0.774. The minimum absolute atomic E-state index is 0.167. The van der Waals surface area contributed by atoms with E-state index in [0.717, 1.165) is 45.4 Å². The van der Waals surface area contributed by atoms with E-state index in [1.165, 1.54) is 12.8 Å². The molecule has 0 saturated carbocycles. The summed E-state index contributed by atoms with van der Waals surface area (Å²) in [6, 6.07) is 0.922. The van der Waals surface area contributed by atoms with Crippen LogP contribution in [0.5, 0.6) is 0 Å². The lowest BCUT2D eigenvalue weighted by molar-refractivity contribution is -0.146. The maximum atomic E-state index is 12.8. The van der Waals surface area contributed by atoms with Crippen molar-refractivity contribution in [3.05, 3.63) is 0 Å². The molecule has 5 nitrogen and oxygen atoms in total. The second-order valence-corrected chi connectivity index (χ2v) is 7.04. The van der Waals surface area contributed by atoms with Gasteiger partial charge in [0.15, 0.2) is 0 Å². The van der Waals surface area contributed by atoms with E-state index in [4.69, 9.17) is 9.47 Å². The van der Waals surface area contributed by atoms with Gasteiger partial charge in [0.05, 0.1) is 12.7 Å². The highest BCUT2D eigenvalue weighted by atomic mass is 16.5. The molecule has 0 N–H and O–H groups in total. The van der Waals surface area contributed by atoms with Gasteiger partial charge in [0.1, 0.15) is 6.10 Å². The van der Waals surface area contributed by atoms with Gasteiger partial charge in [-0.2, -0.15) is 0 Å². The molecule has 3 aliphatic rings. The number of hydrogen-bond donors (Lipinski definition) is 0. The van der Waals surface area contributed by atoms with E-state index in [1.54, 1.807) is 0 Å². The Hall–Kier alpha value is -0.650. The zero-order valence-electron chi connectivity index (χ0n) is 14.0. The lowest BCUT2D eigenvalue weighted by Crippen LogP contribution is -2.50. The summed E-state index contributed by atoms with van der Waals surface area (Å²) in [4.78, 5) is 17.3. The largest absolute Gasteiger partial charge is 0.376 e. The van der Waals surface area contributed by atoms with Gasteiger partial charge >= 0.3 is 0 Å². The Morgan fingerprint density at radius 3 is 2.64 bits per heavy atom. The van der Waals surface area contributed by atoms with Crippen LogP contribution in [0.2, 0.25) is 0 Å². The fraction of sp³-hybridized carbons (Fsp3) is 0.941. The third-order valence-electron chi connectivity index (χ3n) is 5.51. The van der Waals surface area contributed by atoms with E-state index >= 15 is 0 Å². The Kier molecular flexibility index (Phi) is 5.37. The number of nitrogens with zero attached hydrogens (tertiary/aromatic N) is 2. The zero-order valence-corrected chi connectivity index (χ0v) is 14.0. The highest BCUT2D eigenvalue weighted by Crippen LogP contribution is 2.29. The van der Waals surface area contributed by atoms with E-state index < -0.39 is 0 Å². The molecule has 0 unspecified atom stereocenters. The molecule has 3 rings (SSSR count). The molecule has 0 aliphatic carbocycles. The van der Waals surface area contributed by atoms with Gasteiger partial charge in [-0.15, -0.1) is 0 Å². The molecule has 4 atom stereocenters. The topological polar surface area (TPSA) is 42.0 Å². The van der Waals surface area contributed by atoms with E-state index in [-0.39, 0.29) is 18.1 Å².